The molecule has 3 aliphatic rings. The van der Waals surface area contributed by atoms with Crippen LogP contribution in [0.1, 0.15) is 167 Å². The number of rotatable bonds is 30. The summed E-state index contributed by atoms with van der Waals surface area (Å²) in [6, 6.07) is 10.3. The Kier molecular flexibility index (Phi) is 25.5. The summed E-state index contributed by atoms with van der Waals surface area (Å²) in [6.07, 6.45) is 25.3. The van der Waals surface area contributed by atoms with Gasteiger partial charge in [-0.25, -0.2) is 0 Å². The molecule has 1 saturated heterocycles. The smallest absolute Gasteiger partial charge is 0.306 e. The number of fused-ring (bicyclic) bond motifs is 3. The average Bonchev–Trinajstić information content (AvgIpc) is 3.37. The minimum Gasteiger partial charge on any atom is -0.490 e. The molecule has 0 amide bonds. The first-order valence-corrected chi connectivity index (χ1v) is 25.5. The van der Waals surface area contributed by atoms with Crippen LogP contribution in [0.4, 0.5) is 0 Å². The van der Waals surface area contributed by atoms with Crippen molar-refractivity contribution in [2.45, 2.75) is 186 Å². The fourth-order valence-corrected chi connectivity index (χ4v) is 9.44. The van der Waals surface area contributed by atoms with E-state index in [9.17, 15) is 9.90 Å². The zero-order valence-corrected chi connectivity index (χ0v) is 41.1. The highest BCUT2D eigenvalue weighted by molar-refractivity contribution is 5.69. The Labute approximate surface area is 394 Å². The van der Waals surface area contributed by atoms with Crippen molar-refractivity contribution in [1.82, 2.24) is 16.0 Å². The number of methoxy groups -OCH3 is 1. The second-order valence-electron chi connectivity index (χ2n) is 19.2. The highest BCUT2D eigenvalue weighted by atomic mass is 16.6. The van der Waals surface area contributed by atoms with Gasteiger partial charge in [-0.05, 0) is 89.2 Å². The van der Waals surface area contributed by atoms with E-state index in [0.29, 0.717) is 18.8 Å². The van der Waals surface area contributed by atoms with Crippen molar-refractivity contribution in [3.8, 4) is 0 Å². The molecule has 65 heavy (non-hydrogen) atoms. The number of ether oxygens (including phenoxy) is 5. The number of carbonyl (C=O) groups is 1. The van der Waals surface area contributed by atoms with Gasteiger partial charge in [0, 0.05) is 81.0 Å². The molecule has 10 nitrogen and oxygen atoms in total. The van der Waals surface area contributed by atoms with E-state index in [4.69, 9.17) is 23.7 Å². The third-order valence-electron chi connectivity index (χ3n) is 13.3. The fraction of sp³-hybridized carbons (Fsp3) is 0.691. The molecule has 1 aromatic rings. The summed E-state index contributed by atoms with van der Waals surface area (Å²) in [5.74, 6) is -1.09. The van der Waals surface area contributed by atoms with Crippen molar-refractivity contribution in [1.29, 1.82) is 0 Å². The maximum atomic E-state index is 13.3. The van der Waals surface area contributed by atoms with Gasteiger partial charge in [0.2, 0.25) is 0 Å². The molecule has 8 atom stereocenters. The molecule has 4 rings (SSSR count). The van der Waals surface area contributed by atoms with Gasteiger partial charge < -0.3 is 44.7 Å². The number of esters is 1. The number of aliphatic hydroxyl groups is 1. The predicted molar refractivity (Wildman–Crippen MR) is 265 cm³/mol. The Bertz CT molecular complexity index is 1600. The van der Waals surface area contributed by atoms with Gasteiger partial charge >= 0.3 is 5.97 Å². The first-order chi connectivity index (χ1) is 31.5. The minimum atomic E-state index is -1.55. The third kappa shape index (κ3) is 21.3. The number of carbonyl (C=O) groups excluding carboxylic acids is 1. The molecule has 0 aliphatic carbocycles. The normalized spacial score (nSPS) is 26.9. The van der Waals surface area contributed by atoms with Crippen LogP contribution < -0.4 is 16.0 Å². The molecule has 1 fully saturated rings. The quantitative estimate of drug-likeness (QED) is 0.0337. The number of allylic oxidation sites excluding steroid dienone is 3. The van der Waals surface area contributed by atoms with Gasteiger partial charge in [-0.15, -0.1) is 0 Å². The molecule has 4 bridgehead atoms. The van der Waals surface area contributed by atoms with E-state index in [0.717, 1.165) is 132 Å². The van der Waals surface area contributed by atoms with Crippen molar-refractivity contribution in [2.75, 3.05) is 40.0 Å². The molecule has 3 heterocycles. The first kappa shape index (κ1) is 54.0. The van der Waals surface area contributed by atoms with Crippen molar-refractivity contribution >= 4 is 5.97 Å². The van der Waals surface area contributed by atoms with Gasteiger partial charge in [-0.1, -0.05) is 121 Å². The van der Waals surface area contributed by atoms with Crippen molar-refractivity contribution < 1.29 is 33.6 Å². The lowest BCUT2D eigenvalue weighted by Gasteiger charge is -2.46. The molecule has 0 spiro atoms. The van der Waals surface area contributed by atoms with E-state index in [2.05, 4.69) is 79.9 Å². The Morgan fingerprint density at radius 2 is 1.42 bits per heavy atom. The topological polar surface area (TPSA) is 120 Å². The Morgan fingerprint density at radius 1 is 0.785 bits per heavy atom. The van der Waals surface area contributed by atoms with Gasteiger partial charge in [-0.2, -0.15) is 0 Å². The molecule has 4 N–H and O–H groups in total. The summed E-state index contributed by atoms with van der Waals surface area (Å²) in [4.78, 5) is 13.3. The molecule has 0 aromatic heterocycles. The van der Waals surface area contributed by atoms with Gasteiger partial charge in [0.1, 0.15) is 12.2 Å². The summed E-state index contributed by atoms with van der Waals surface area (Å²) >= 11 is 0. The summed E-state index contributed by atoms with van der Waals surface area (Å²) < 4.78 is 31.5. The lowest BCUT2D eigenvalue weighted by atomic mass is 9.82. The molecule has 3 aliphatic heterocycles. The second kappa shape index (κ2) is 30.7. The van der Waals surface area contributed by atoms with Gasteiger partial charge in [0.25, 0.3) is 0 Å². The first-order valence-electron chi connectivity index (χ1n) is 25.5. The van der Waals surface area contributed by atoms with Crippen LogP contribution in [0, 0.1) is 17.8 Å². The monoisotopic (exact) mass is 904 g/mol. The summed E-state index contributed by atoms with van der Waals surface area (Å²) in [5.41, 5.74) is 4.37. The van der Waals surface area contributed by atoms with E-state index < -0.39 is 11.9 Å². The third-order valence-corrected chi connectivity index (χ3v) is 13.3. The molecule has 366 valence electrons. The molecular formula is C55H89N3O7. The molecule has 0 radical (unpaired) electrons. The highest BCUT2D eigenvalue weighted by Gasteiger charge is 2.48. The number of hydrogen-bond acceptors (Lipinski definition) is 10. The predicted octanol–water partition coefficient (Wildman–Crippen LogP) is 11.7. The minimum absolute atomic E-state index is 0.0318. The van der Waals surface area contributed by atoms with Crippen LogP contribution in [0.3, 0.4) is 0 Å². The summed E-state index contributed by atoms with van der Waals surface area (Å²) in [7, 11) is 1.76. The van der Waals surface area contributed by atoms with Crippen molar-refractivity contribution in [2.24, 2.45) is 17.8 Å². The zero-order valence-electron chi connectivity index (χ0n) is 41.1. The van der Waals surface area contributed by atoms with Crippen LogP contribution in [-0.2, 0) is 28.5 Å². The number of nitrogens with one attached hydrogen (secondary N) is 3. The lowest BCUT2D eigenvalue weighted by Crippen LogP contribution is -2.54. The van der Waals surface area contributed by atoms with Gasteiger partial charge in [0.05, 0.1) is 31.0 Å². The molecule has 10 heteroatoms. The molecular weight excluding hydrogens is 815 g/mol. The molecule has 1 aromatic carbocycles. The average molecular weight is 904 g/mol. The number of unbranched alkanes of at least 4 members (excludes halogenated alkanes) is 9. The van der Waals surface area contributed by atoms with Crippen LogP contribution >= 0.6 is 0 Å². The Hall–Kier alpha value is -3.57. The van der Waals surface area contributed by atoms with E-state index in [-0.39, 0.29) is 54.9 Å². The van der Waals surface area contributed by atoms with E-state index in [1.165, 1.54) is 32.1 Å². The van der Waals surface area contributed by atoms with E-state index >= 15 is 0 Å². The zero-order chi connectivity index (χ0) is 46.7. The van der Waals surface area contributed by atoms with Crippen molar-refractivity contribution in [3.63, 3.8) is 0 Å². The van der Waals surface area contributed by atoms with Gasteiger partial charge in [-0.3, -0.25) is 4.79 Å². The fourth-order valence-electron chi connectivity index (χ4n) is 9.44. The SMILES string of the molecule is C=C(C)NCCCCCCCC(=C)NCCOCCCCC(=C)NCCCCCCCC(=O)OC1CC2(O)C/C3=C/C(CCCCC(c4ccccc4)O3)C(OC)/C=C/C(C)C(O2)C1C. The number of hydrogen-bond donors (Lipinski definition) is 4. The number of benzene rings is 1. The lowest BCUT2D eigenvalue weighted by molar-refractivity contribution is -0.297. The second-order valence-corrected chi connectivity index (χ2v) is 19.2. The Balaban J connectivity index is 1.07. The van der Waals surface area contributed by atoms with Gasteiger partial charge in [0.15, 0.2) is 5.79 Å². The van der Waals surface area contributed by atoms with Crippen LogP contribution in [0.15, 0.2) is 91.1 Å². The van der Waals surface area contributed by atoms with Crippen LogP contribution in [0.5, 0.6) is 0 Å². The maximum absolute atomic E-state index is 13.3. The van der Waals surface area contributed by atoms with E-state index in [1.807, 2.05) is 25.1 Å². The highest BCUT2D eigenvalue weighted by Crippen LogP contribution is 2.43. The summed E-state index contributed by atoms with van der Waals surface area (Å²) in [5, 5.41) is 22.4. The van der Waals surface area contributed by atoms with Crippen LogP contribution in [-0.4, -0.2) is 75.1 Å². The summed E-state index contributed by atoms with van der Waals surface area (Å²) in [6.45, 7) is 22.7. The van der Waals surface area contributed by atoms with Crippen LogP contribution in [0.25, 0.3) is 0 Å². The van der Waals surface area contributed by atoms with Crippen molar-refractivity contribution in [3.05, 3.63) is 96.7 Å². The standard InChI is InChI=1S/C55H89N3O7/c1-42(2)56-34-22-12-8-10-15-25-45(5)58-36-38-62-37-24-21-26-44(4)57-35-23-13-9-11-18-31-53(59)64-52-41-55(60)40-49-39-48(50(61-7)33-32-43(3)54(65-55)46(52)6)29-19-20-30-51(63-49)47-27-16-14-17-28-47/h14,16-17,27-28,32-33,39,43,46,48,50-52,54,56-58,60H,1,4-5,8-13,15,18-26,29-31,34-38,40-41H2,2-3,6-7H3/b33-32+,49-39-. The maximum Gasteiger partial charge on any atom is 0.306 e. The molecule has 0 saturated carbocycles. The molecule has 8 unspecified atom stereocenters. The Morgan fingerprint density at radius 3 is 2.12 bits per heavy atom. The van der Waals surface area contributed by atoms with E-state index in [1.54, 1.807) is 7.11 Å². The van der Waals surface area contributed by atoms with Crippen LogP contribution in [0.2, 0.25) is 0 Å². The largest absolute Gasteiger partial charge is 0.490 e.